The Morgan fingerprint density at radius 2 is 0.759 bits per heavy atom. The van der Waals surface area contributed by atoms with Gasteiger partial charge < -0.3 is 9.13 Å². The first-order chi connectivity index (χ1) is 26.8. The molecule has 1 aliphatic carbocycles. The van der Waals surface area contributed by atoms with E-state index in [0.29, 0.717) is 0 Å². The number of benzene rings is 9. The summed E-state index contributed by atoms with van der Waals surface area (Å²) >= 11 is 0. The Hall–Kier alpha value is -7.16. The van der Waals surface area contributed by atoms with Crippen LogP contribution in [0.3, 0.4) is 0 Å². The Morgan fingerprint density at radius 3 is 1.52 bits per heavy atom. The van der Waals surface area contributed by atoms with Crippen molar-refractivity contribution in [2.75, 3.05) is 0 Å². The molecule has 0 radical (unpaired) electrons. The Balaban J connectivity index is 1.03. The van der Waals surface area contributed by atoms with Gasteiger partial charge in [-0.25, -0.2) is 0 Å². The van der Waals surface area contributed by atoms with Crippen LogP contribution in [0.1, 0.15) is 0 Å². The highest BCUT2D eigenvalue weighted by atomic mass is 15.0. The molecule has 3 heterocycles. The Bertz CT molecular complexity index is 3420. The number of fused-ring (bicyclic) bond motifs is 14. The first-order valence-corrected chi connectivity index (χ1v) is 18.8. The van der Waals surface area contributed by atoms with Gasteiger partial charge in [0, 0.05) is 38.1 Å². The van der Waals surface area contributed by atoms with Gasteiger partial charge in [0.25, 0.3) is 0 Å². The Kier molecular flexibility index (Phi) is 5.39. The third-order valence-corrected chi connectivity index (χ3v) is 12.2. The number of rotatable bonds is 2. The second-order valence-electron chi connectivity index (χ2n) is 14.8. The summed E-state index contributed by atoms with van der Waals surface area (Å²) < 4.78 is 4.97. The lowest BCUT2D eigenvalue weighted by Crippen LogP contribution is -1.96. The maximum Gasteiger partial charge on any atom is 0.0619 e. The standard InChI is InChI=1S/C52H30N2/c1-4-14-36-33(11-1)37-15-5-8-22-47(37)54-50-27-24-32(30-45(50)42-19-10-18-41(36)52(42)54)31-23-26-49-44(29-31)38-16-6-7-21-46(38)53(49)48-28-25-40-35-13-3-2-12-34(35)39-17-9-20-43(48)51(39)40/h1-30H. The third kappa shape index (κ3) is 3.55. The van der Waals surface area contributed by atoms with E-state index in [1.807, 2.05) is 0 Å². The summed E-state index contributed by atoms with van der Waals surface area (Å²) in [4.78, 5) is 0. The van der Waals surface area contributed by atoms with Crippen LogP contribution in [0, 0.1) is 0 Å². The van der Waals surface area contributed by atoms with Crippen LogP contribution in [0.5, 0.6) is 0 Å². The van der Waals surface area contributed by atoms with E-state index in [2.05, 4.69) is 191 Å². The lowest BCUT2D eigenvalue weighted by atomic mass is 9.93. The van der Waals surface area contributed by atoms with Crippen LogP contribution in [-0.4, -0.2) is 9.13 Å². The molecule has 2 heteroatoms. The van der Waals surface area contributed by atoms with Crippen molar-refractivity contribution in [1.29, 1.82) is 0 Å². The third-order valence-electron chi connectivity index (χ3n) is 12.2. The van der Waals surface area contributed by atoms with Crippen LogP contribution in [0.2, 0.25) is 0 Å². The van der Waals surface area contributed by atoms with Gasteiger partial charge in [-0.05, 0) is 92.4 Å². The molecule has 11 aromatic rings. The molecule has 2 aliphatic rings. The lowest BCUT2D eigenvalue weighted by molar-refractivity contribution is 1.19. The van der Waals surface area contributed by atoms with Crippen molar-refractivity contribution in [3.05, 3.63) is 182 Å². The molecule has 0 spiro atoms. The second kappa shape index (κ2) is 10.2. The van der Waals surface area contributed by atoms with Crippen LogP contribution in [0.4, 0.5) is 0 Å². The largest absolute Gasteiger partial charge is 0.309 e. The highest BCUT2D eigenvalue weighted by Gasteiger charge is 2.26. The lowest BCUT2D eigenvalue weighted by Gasteiger charge is -2.13. The fourth-order valence-electron chi connectivity index (χ4n) is 9.97. The first-order valence-electron chi connectivity index (χ1n) is 18.8. The predicted molar refractivity (Wildman–Crippen MR) is 227 cm³/mol. The minimum atomic E-state index is 1.22. The quantitative estimate of drug-likeness (QED) is 0.172. The molecule has 248 valence electrons. The summed E-state index contributed by atoms with van der Waals surface area (Å²) in [7, 11) is 0. The van der Waals surface area contributed by atoms with Gasteiger partial charge in [0.2, 0.25) is 0 Å². The van der Waals surface area contributed by atoms with Crippen LogP contribution in [-0.2, 0) is 0 Å². The van der Waals surface area contributed by atoms with E-state index >= 15 is 0 Å². The van der Waals surface area contributed by atoms with Crippen molar-refractivity contribution in [1.82, 2.24) is 9.13 Å². The van der Waals surface area contributed by atoms with Crippen molar-refractivity contribution < 1.29 is 0 Å². The summed E-state index contributed by atoms with van der Waals surface area (Å²) in [6, 6.07) is 67.8. The van der Waals surface area contributed by atoms with Gasteiger partial charge in [-0.2, -0.15) is 0 Å². The molecule has 54 heavy (non-hydrogen) atoms. The molecule has 0 N–H and O–H groups in total. The minimum Gasteiger partial charge on any atom is -0.309 e. The van der Waals surface area contributed by atoms with E-state index < -0.39 is 0 Å². The van der Waals surface area contributed by atoms with E-state index in [-0.39, 0.29) is 0 Å². The number of para-hydroxylation sites is 3. The molecule has 1 aliphatic heterocycles. The normalized spacial score (nSPS) is 12.4. The maximum absolute atomic E-state index is 2.49. The van der Waals surface area contributed by atoms with Gasteiger partial charge in [-0.15, -0.1) is 0 Å². The van der Waals surface area contributed by atoms with E-state index in [1.54, 1.807) is 0 Å². The van der Waals surface area contributed by atoms with Crippen LogP contribution in [0.25, 0.3) is 121 Å². The smallest absolute Gasteiger partial charge is 0.0619 e. The Morgan fingerprint density at radius 1 is 0.259 bits per heavy atom. The highest BCUT2D eigenvalue weighted by molar-refractivity contribution is 6.20. The summed E-state index contributed by atoms with van der Waals surface area (Å²) in [5.74, 6) is 0. The van der Waals surface area contributed by atoms with Crippen molar-refractivity contribution in [2.24, 2.45) is 0 Å². The molecule has 0 amide bonds. The molecule has 0 atom stereocenters. The first kappa shape index (κ1) is 28.4. The van der Waals surface area contributed by atoms with Gasteiger partial charge in [-0.1, -0.05) is 140 Å². The predicted octanol–water partition coefficient (Wildman–Crippen LogP) is 14.0. The molecule has 0 unspecified atom stereocenters. The zero-order valence-electron chi connectivity index (χ0n) is 29.2. The van der Waals surface area contributed by atoms with Crippen molar-refractivity contribution in [3.8, 4) is 67.0 Å². The highest BCUT2D eigenvalue weighted by Crippen LogP contribution is 2.50. The summed E-state index contributed by atoms with van der Waals surface area (Å²) in [6.45, 7) is 0. The monoisotopic (exact) mass is 682 g/mol. The summed E-state index contributed by atoms with van der Waals surface area (Å²) in [6.07, 6.45) is 0. The molecule has 0 bridgehead atoms. The van der Waals surface area contributed by atoms with E-state index in [9.17, 15) is 0 Å². The van der Waals surface area contributed by atoms with Crippen molar-refractivity contribution in [2.45, 2.75) is 0 Å². The average Bonchev–Trinajstić information content (AvgIpc) is 3.84. The van der Waals surface area contributed by atoms with Gasteiger partial charge in [-0.3, -0.25) is 0 Å². The number of hydrogen-bond acceptors (Lipinski definition) is 0. The molecule has 0 saturated carbocycles. The van der Waals surface area contributed by atoms with Gasteiger partial charge in [0.1, 0.15) is 0 Å². The fourth-order valence-corrected chi connectivity index (χ4v) is 9.97. The Labute approximate surface area is 311 Å². The SMILES string of the molecule is c1ccc2c(c1)-c1ccccc1-n1c3ccc(-c4ccc5c(c4)c4ccccc4n5-c4ccc5c6c(cccc46)-c4ccccc4-5)cc3c3cccc-2c31. The average molecular weight is 683 g/mol. The molecule has 2 aromatic heterocycles. The zero-order valence-corrected chi connectivity index (χ0v) is 29.2. The van der Waals surface area contributed by atoms with E-state index in [4.69, 9.17) is 0 Å². The maximum atomic E-state index is 2.49. The van der Waals surface area contributed by atoms with Gasteiger partial charge in [0.05, 0.1) is 33.4 Å². The number of nitrogens with zero attached hydrogens (tertiary/aromatic N) is 2. The van der Waals surface area contributed by atoms with E-state index in [0.717, 1.165) is 0 Å². The van der Waals surface area contributed by atoms with E-state index in [1.165, 1.54) is 121 Å². The molecule has 0 saturated heterocycles. The van der Waals surface area contributed by atoms with Gasteiger partial charge >= 0.3 is 0 Å². The van der Waals surface area contributed by atoms with Crippen molar-refractivity contribution in [3.63, 3.8) is 0 Å². The fraction of sp³-hybridized carbons (Fsp3) is 0. The van der Waals surface area contributed by atoms with Crippen LogP contribution in [0.15, 0.2) is 182 Å². The topological polar surface area (TPSA) is 9.86 Å². The molecule has 0 fully saturated rings. The van der Waals surface area contributed by atoms with Crippen LogP contribution < -0.4 is 0 Å². The van der Waals surface area contributed by atoms with Crippen LogP contribution >= 0.6 is 0 Å². The molecule has 9 aromatic carbocycles. The molecule has 2 nitrogen and oxygen atoms in total. The summed E-state index contributed by atoms with van der Waals surface area (Å²) in [5.41, 5.74) is 20.2. The molecular weight excluding hydrogens is 653 g/mol. The minimum absolute atomic E-state index is 1.22. The summed E-state index contributed by atoms with van der Waals surface area (Å²) in [5, 5.41) is 7.71. The number of aromatic nitrogens is 2. The molecule has 13 rings (SSSR count). The van der Waals surface area contributed by atoms with Crippen molar-refractivity contribution >= 4 is 54.4 Å². The second-order valence-corrected chi connectivity index (χ2v) is 14.8. The zero-order chi connectivity index (χ0) is 35.1. The number of hydrogen-bond donors (Lipinski definition) is 0. The molecular formula is C52H30N2. The van der Waals surface area contributed by atoms with Gasteiger partial charge in [0.15, 0.2) is 0 Å².